The molecular weight excluding hydrogens is 245 g/mol. The molecular formula is C11H13BrFN. The summed E-state index contributed by atoms with van der Waals surface area (Å²) in [6.45, 7) is 2.17. The second kappa shape index (κ2) is 3.89. The first-order chi connectivity index (χ1) is 6.66. The summed E-state index contributed by atoms with van der Waals surface area (Å²) >= 11 is 3.34. The first kappa shape index (κ1) is 9.97. The van der Waals surface area contributed by atoms with Gasteiger partial charge in [0, 0.05) is 16.2 Å². The van der Waals surface area contributed by atoms with Crippen molar-refractivity contribution < 1.29 is 4.39 Å². The van der Waals surface area contributed by atoms with Crippen molar-refractivity contribution in [2.75, 3.05) is 5.32 Å². The molecule has 0 aromatic heterocycles. The van der Waals surface area contributed by atoms with Crippen LogP contribution in [0.25, 0.3) is 0 Å². The molecule has 1 aliphatic carbocycles. The van der Waals surface area contributed by atoms with Crippen LogP contribution in [0.15, 0.2) is 22.7 Å². The zero-order valence-electron chi connectivity index (χ0n) is 8.06. The molecule has 1 fully saturated rings. The Kier molecular flexibility index (Phi) is 2.77. The SMILES string of the molecule is CC(Nc1ccc(F)cc1Br)C1CC1. The van der Waals surface area contributed by atoms with E-state index in [1.54, 1.807) is 6.07 Å². The van der Waals surface area contributed by atoms with Gasteiger partial charge in [-0.1, -0.05) is 0 Å². The van der Waals surface area contributed by atoms with E-state index >= 15 is 0 Å². The molecule has 1 nitrogen and oxygen atoms in total. The predicted octanol–water partition coefficient (Wildman–Crippen LogP) is 3.80. The van der Waals surface area contributed by atoms with Gasteiger partial charge in [-0.3, -0.25) is 0 Å². The maximum absolute atomic E-state index is 12.8. The lowest BCUT2D eigenvalue weighted by Crippen LogP contribution is -2.17. The van der Waals surface area contributed by atoms with E-state index in [-0.39, 0.29) is 5.82 Å². The molecule has 1 saturated carbocycles. The summed E-state index contributed by atoms with van der Waals surface area (Å²) in [5.74, 6) is 0.591. The molecule has 0 bridgehead atoms. The molecule has 0 heterocycles. The Morgan fingerprint density at radius 1 is 1.50 bits per heavy atom. The minimum atomic E-state index is -0.207. The van der Waals surface area contributed by atoms with E-state index in [1.807, 2.05) is 0 Å². The second-order valence-electron chi connectivity index (χ2n) is 3.89. The maximum atomic E-state index is 12.8. The molecule has 3 heteroatoms. The van der Waals surface area contributed by atoms with Crippen molar-refractivity contribution in [1.29, 1.82) is 0 Å². The summed E-state index contributed by atoms with van der Waals surface area (Å²) in [6, 6.07) is 5.23. The van der Waals surface area contributed by atoms with Crippen molar-refractivity contribution in [2.45, 2.75) is 25.8 Å². The molecule has 1 unspecified atom stereocenters. The summed E-state index contributed by atoms with van der Waals surface area (Å²) in [5.41, 5.74) is 0.978. The monoisotopic (exact) mass is 257 g/mol. The third kappa shape index (κ3) is 2.27. The number of hydrogen-bond acceptors (Lipinski definition) is 1. The Morgan fingerprint density at radius 2 is 2.21 bits per heavy atom. The first-order valence-corrected chi connectivity index (χ1v) is 5.67. The van der Waals surface area contributed by atoms with Crippen LogP contribution in [0.3, 0.4) is 0 Å². The fourth-order valence-corrected chi connectivity index (χ4v) is 2.03. The highest BCUT2D eigenvalue weighted by Gasteiger charge is 2.27. The van der Waals surface area contributed by atoms with Crippen molar-refractivity contribution >= 4 is 21.6 Å². The topological polar surface area (TPSA) is 12.0 Å². The summed E-state index contributed by atoms with van der Waals surface area (Å²) in [6.07, 6.45) is 2.62. The van der Waals surface area contributed by atoms with Gasteiger partial charge in [0.05, 0.1) is 0 Å². The third-order valence-electron chi connectivity index (χ3n) is 2.64. The highest BCUT2D eigenvalue weighted by Crippen LogP contribution is 2.35. The fourth-order valence-electron chi connectivity index (χ4n) is 1.57. The van der Waals surface area contributed by atoms with Gasteiger partial charge in [0.25, 0.3) is 0 Å². The average molecular weight is 258 g/mol. The van der Waals surface area contributed by atoms with E-state index in [2.05, 4.69) is 28.2 Å². The van der Waals surface area contributed by atoms with Crippen LogP contribution in [-0.2, 0) is 0 Å². The van der Waals surface area contributed by atoms with Gasteiger partial charge in [-0.25, -0.2) is 4.39 Å². The minimum absolute atomic E-state index is 0.207. The van der Waals surface area contributed by atoms with Crippen LogP contribution in [0.5, 0.6) is 0 Å². The smallest absolute Gasteiger partial charge is 0.124 e. The molecule has 1 N–H and O–H groups in total. The molecule has 0 saturated heterocycles. The highest BCUT2D eigenvalue weighted by molar-refractivity contribution is 9.10. The van der Waals surface area contributed by atoms with Crippen LogP contribution >= 0.6 is 15.9 Å². The van der Waals surface area contributed by atoms with Crippen LogP contribution in [0.4, 0.5) is 10.1 Å². The van der Waals surface area contributed by atoms with Gasteiger partial charge < -0.3 is 5.32 Å². The molecule has 1 aromatic rings. The quantitative estimate of drug-likeness (QED) is 0.869. The Morgan fingerprint density at radius 3 is 2.79 bits per heavy atom. The van der Waals surface area contributed by atoms with E-state index in [9.17, 15) is 4.39 Å². The number of rotatable bonds is 3. The molecule has 0 aliphatic heterocycles. The first-order valence-electron chi connectivity index (χ1n) is 4.88. The summed E-state index contributed by atoms with van der Waals surface area (Å²) in [5, 5.41) is 3.39. The summed E-state index contributed by atoms with van der Waals surface area (Å²) < 4.78 is 13.6. The van der Waals surface area contributed by atoms with Crippen molar-refractivity contribution in [3.63, 3.8) is 0 Å². The maximum Gasteiger partial charge on any atom is 0.124 e. The third-order valence-corrected chi connectivity index (χ3v) is 3.30. The van der Waals surface area contributed by atoms with Crippen LogP contribution < -0.4 is 5.32 Å². The Balaban J connectivity index is 2.07. The number of anilines is 1. The Bertz CT molecular complexity index is 336. The molecule has 0 amide bonds. The summed E-state index contributed by atoms with van der Waals surface area (Å²) in [7, 11) is 0. The lowest BCUT2D eigenvalue weighted by Gasteiger charge is -2.15. The van der Waals surface area contributed by atoms with E-state index in [0.29, 0.717) is 6.04 Å². The molecule has 76 valence electrons. The van der Waals surface area contributed by atoms with E-state index in [4.69, 9.17) is 0 Å². The van der Waals surface area contributed by atoms with Gasteiger partial charge in [0.2, 0.25) is 0 Å². The van der Waals surface area contributed by atoms with Crippen molar-refractivity contribution in [3.8, 4) is 0 Å². The van der Waals surface area contributed by atoms with Crippen LogP contribution in [0.2, 0.25) is 0 Å². The Labute approximate surface area is 91.8 Å². The predicted molar refractivity (Wildman–Crippen MR) is 59.9 cm³/mol. The van der Waals surface area contributed by atoms with Gasteiger partial charge in [0.15, 0.2) is 0 Å². The van der Waals surface area contributed by atoms with Gasteiger partial charge in [0.1, 0.15) is 5.82 Å². The minimum Gasteiger partial charge on any atom is -0.381 e. The van der Waals surface area contributed by atoms with Gasteiger partial charge in [-0.15, -0.1) is 0 Å². The standard InChI is InChI=1S/C11H13BrFN/c1-7(8-2-3-8)14-11-5-4-9(13)6-10(11)12/h4-8,14H,2-3H2,1H3. The van der Waals surface area contributed by atoms with E-state index in [1.165, 1.54) is 25.0 Å². The molecule has 0 spiro atoms. The number of hydrogen-bond donors (Lipinski definition) is 1. The molecule has 1 aliphatic rings. The molecule has 1 atom stereocenters. The van der Waals surface area contributed by atoms with Gasteiger partial charge in [-0.2, -0.15) is 0 Å². The Hall–Kier alpha value is -0.570. The van der Waals surface area contributed by atoms with Gasteiger partial charge >= 0.3 is 0 Å². The highest BCUT2D eigenvalue weighted by atomic mass is 79.9. The number of nitrogens with one attached hydrogen (secondary N) is 1. The molecule has 14 heavy (non-hydrogen) atoms. The number of benzene rings is 1. The zero-order valence-corrected chi connectivity index (χ0v) is 9.64. The van der Waals surface area contributed by atoms with E-state index < -0.39 is 0 Å². The normalized spacial score (nSPS) is 17.9. The van der Waals surface area contributed by atoms with Crippen LogP contribution in [0.1, 0.15) is 19.8 Å². The van der Waals surface area contributed by atoms with Gasteiger partial charge in [-0.05, 0) is 59.8 Å². The lowest BCUT2D eigenvalue weighted by molar-refractivity contribution is 0.626. The molecule has 0 radical (unpaired) electrons. The van der Waals surface area contributed by atoms with Crippen LogP contribution in [0, 0.1) is 11.7 Å². The van der Waals surface area contributed by atoms with Crippen molar-refractivity contribution in [3.05, 3.63) is 28.5 Å². The van der Waals surface area contributed by atoms with Crippen molar-refractivity contribution in [1.82, 2.24) is 0 Å². The largest absolute Gasteiger partial charge is 0.381 e. The van der Waals surface area contributed by atoms with Crippen molar-refractivity contribution in [2.24, 2.45) is 5.92 Å². The summed E-state index contributed by atoms with van der Waals surface area (Å²) in [4.78, 5) is 0. The fraction of sp³-hybridized carbons (Fsp3) is 0.455. The zero-order chi connectivity index (χ0) is 10.1. The lowest BCUT2D eigenvalue weighted by atomic mass is 10.2. The molecule has 1 aromatic carbocycles. The van der Waals surface area contributed by atoms with E-state index in [0.717, 1.165) is 16.1 Å². The second-order valence-corrected chi connectivity index (χ2v) is 4.75. The number of halogens is 2. The van der Waals surface area contributed by atoms with Crippen LogP contribution in [-0.4, -0.2) is 6.04 Å². The average Bonchev–Trinajstić information content (AvgIpc) is 2.92. The molecule has 2 rings (SSSR count).